The van der Waals surface area contributed by atoms with Gasteiger partial charge in [0.05, 0.1) is 39.5 Å². The molecule has 0 spiro atoms. The van der Waals surface area contributed by atoms with E-state index in [1.807, 2.05) is 41.5 Å². The molecule has 3 unspecified atom stereocenters. The lowest BCUT2D eigenvalue weighted by Gasteiger charge is -2.29. The molecule has 6 aliphatic heterocycles. The molecule has 6 aliphatic rings. The van der Waals surface area contributed by atoms with Crippen LogP contribution in [-0.2, 0) is 19.2 Å². The first-order chi connectivity index (χ1) is 34.6. The normalized spacial score (nSPS) is 20.0. The van der Waals surface area contributed by atoms with Gasteiger partial charge < -0.3 is 36.1 Å². The molecule has 0 aliphatic carbocycles. The van der Waals surface area contributed by atoms with Gasteiger partial charge in [0.2, 0.25) is 17.7 Å². The third-order valence-corrected chi connectivity index (χ3v) is 12.3. The number of imide groups is 3. The predicted molar refractivity (Wildman–Crippen MR) is 272 cm³/mol. The van der Waals surface area contributed by atoms with Crippen molar-refractivity contribution in [3.05, 3.63) is 125 Å². The van der Waals surface area contributed by atoms with Crippen LogP contribution in [0.1, 0.15) is 150 Å². The van der Waals surface area contributed by atoms with Gasteiger partial charge in [0.15, 0.2) is 6.61 Å². The Morgan fingerprint density at radius 3 is 1.32 bits per heavy atom. The third-order valence-electron chi connectivity index (χ3n) is 12.3. The molecular formula is C54H62N8O12. The SMILES string of the molecule is C.C=C1CCC(N2C(=O)c3cccc(NC(C)C)c3C2=O)C(=O)N1.C=C1CCC(N2C(=O)c3cccc(OC(C)C)c3C2=O)C(=O)N1.C=C1CCC(N2C(=O)c3cccc(OCC(=O)NC(C)C)c3C2=O)C(=O)N1. The molecule has 390 valence electrons. The number of carbonyl (C=O) groups is 10. The molecule has 9 rings (SSSR count). The second-order valence-corrected chi connectivity index (χ2v) is 18.9. The Kier molecular flexibility index (Phi) is 16.7. The van der Waals surface area contributed by atoms with Crippen LogP contribution in [0.5, 0.6) is 11.5 Å². The summed E-state index contributed by atoms with van der Waals surface area (Å²) >= 11 is 0. The minimum atomic E-state index is -0.889. The fraction of sp³-hybridized carbons (Fsp3) is 0.370. The summed E-state index contributed by atoms with van der Waals surface area (Å²) in [7, 11) is 0. The summed E-state index contributed by atoms with van der Waals surface area (Å²) in [5, 5.41) is 13.7. The summed E-state index contributed by atoms with van der Waals surface area (Å²) < 4.78 is 11.1. The molecule has 10 amide bonds. The lowest BCUT2D eigenvalue weighted by molar-refractivity contribution is -0.126. The van der Waals surface area contributed by atoms with Gasteiger partial charge >= 0.3 is 0 Å². The van der Waals surface area contributed by atoms with Crippen LogP contribution in [0.25, 0.3) is 0 Å². The van der Waals surface area contributed by atoms with Crippen molar-refractivity contribution in [3.8, 4) is 11.5 Å². The summed E-state index contributed by atoms with van der Waals surface area (Å²) in [6.07, 6.45) is 2.57. The van der Waals surface area contributed by atoms with Gasteiger partial charge in [-0.1, -0.05) is 45.4 Å². The first kappa shape index (κ1) is 54.9. The first-order valence-electron chi connectivity index (χ1n) is 23.9. The van der Waals surface area contributed by atoms with Crippen LogP contribution < -0.4 is 36.1 Å². The van der Waals surface area contributed by atoms with E-state index in [1.54, 1.807) is 42.5 Å². The highest BCUT2D eigenvalue weighted by Crippen LogP contribution is 2.37. The van der Waals surface area contributed by atoms with Crippen LogP contribution in [0.2, 0.25) is 0 Å². The van der Waals surface area contributed by atoms with E-state index in [-0.39, 0.29) is 77.9 Å². The van der Waals surface area contributed by atoms with Gasteiger partial charge in [0, 0.05) is 34.9 Å². The quantitative estimate of drug-likeness (QED) is 0.152. The van der Waals surface area contributed by atoms with Crippen molar-refractivity contribution in [2.45, 2.75) is 124 Å². The molecular weight excluding hydrogens is 953 g/mol. The van der Waals surface area contributed by atoms with Crippen molar-refractivity contribution in [2.24, 2.45) is 0 Å². The minimum Gasteiger partial charge on any atom is -0.490 e. The van der Waals surface area contributed by atoms with Crippen LogP contribution in [0, 0.1) is 0 Å². The summed E-state index contributed by atoms with van der Waals surface area (Å²) in [4.78, 5) is 128. The Morgan fingerprint density at radius 1 is 0.554 bits per heavy atom. The zero-order valence-corrected chi connectivity index (χ0v) is 41.5. The summed E-state index contributed by atoms with van der Waals surface area (Å²) in [6, 6.07) is 12.3. The largest absolute Gasteiger partial charge is 0.490 e. The third kappa shape index (κ3) is 11.1. The number of hydrogen-bond acceptors (Lipinski definition) is 13. The molecule has 3 aromatic rings. The number of amides is 10. The fourth-order valence-electron chi connectivity index (χ4n) is 9.13. The number of allylic oxidation sites excluding steroid dienone is 3. The average molecular weight is 1020 g/mol. The smallest absolute Gasteiger partial charge is 0.266 e. The molecule has 3 atom stereocenters. The zero-order chi connectivity index (χ0) is 53.2. The van der Waals surface area contributed by atoms with Crippen molar-refractivity contribution < 1.29 is 57.4 Å². The lowest BCUT2D eigenvalue weighted by Crippen LogP contribution is -2.51. The van der Waals surface area contributed by atoms with E-state index in [0.717, 1.165) is 14.7 Å². The number of nitrogens with one attached hydrogen (secondary N) is 5. The van der Waals surface area contributed by atoms with Crippen molar-refractivity contribution in [3.63, 3.8) is 0 Å². The molecule has 20 heteroatoms. The number of hydrogen-bond donors (Lipinski definition) is 5. The Morgan fingerprint density at radius 2 is 0.932 bits per heavy atom. The lowest BCUT2D eigenvalue weighted by atomic mass is 10.0. The van der Waals surface area contributed by atoms with E-state index >= 15 is 0 Å². The van der Waals surface area contributed by atoms with Crippen molar-refractivity contribution in [2.75, 3.05) is 11.9 Å². The van der Waals surface area contributed by atoms with E-state index in [9.17, 15) is 47.9 Å². The van der Waals surface area contributed by atoms with Gasteiger partial charge in [0.25, 0.3) is 41.4 Å². The number of fused-ring (bicyclic) bond motifs is 3. The Hall–Kier alpha value is -8.42. The Bertz CT molecular complexity index is 2780. The van der Waals surface area contributed by atoms with Crippen molar-refractivity contribution in [1.29, 1.82) is 0 Å². The number of benzene rings is 3. The van der Waals surface area contributed by atoms with Crippen LogP contribution in [0.3, 0.4) is 0 Å². The van der Waals surface area contributed by atoms with E-state index in [2.05, 4.69) is 46.3 Å². The summed E-state index contributed by atoms with van der Waals surface area (Å²) in [6.45, 7) is 22.1. The van der Waals surface area contributed by atoms with E-state index < -0.39 is 59.5 Å². The molecule has 0 aromatic heterocycles. The molecule has 0 saturated carbocycles. The number of rotatable bonds is 11. The monoisotopic (exact) mass is 1010 g/mol. The highest BCUT2D eigenvalue weighted by molar-refractivity contribution is 6.26. The van der Waals surface area contributed by atoms with Gasteiger partial charge in [-0.3, -0.25) is 62.6 Å². The second-order valence-electron chi connectivity index (χ2n) is 18.9. The maximum Gasteiger partial charge on any atom is 0.266 e. The molecule has 74 heavy (non-hydrogen) atoms. The van der Waals surface area contributed by atoms with E-state index in [4.69, 9.17) is 9.47 Å². The number of nitrogens with zero attached hydrogens (tertiary/aromatic N) is 3. The summed E-state index contributed by atoms with van der Waals surface area (Å²) in [5.74, 6) is -3.86. The van der Waals surface area contributed by atoms with E-state index in [1.165, 1.54) is 12.1 Å². The van der Waals surface area contributed by atoms with Gasteiger partial charge in [-0.25, -0.2) is 0 Å². The second kappa shape index (κ2) is 22.6. The maximum absolute atomic E-state index is 12.9. The van der Waals surface area contributed by atoms with Gasteiger partial charge in [0.1, 0.15) is 29.6 Å². The van der Waals surface area contributed by atoms with Gasteiger partial charge in [-0.2, -0.15) is 0 Å². The van der Waals surface area contributed by atoms with Crippen LogP contribution >= 0.6 is 0 Å². The number of piperidine rings is 3. The number of carbonyl (C=O) groups excluding carboxylic acids is 10. The van der Waals surface area contributed by atoms with Crippen molar-refractivity contribution >= 4 is 64.8 Å². The Labute approximate surface area is 428 Å². The molecule has 0 radical (unpaired) electrons. The molecule has 3 aromatic carbocycles. The maximum atomic E-state index is 12.9. The molecule has 6 heterocycles. The van der Waals surface area contributed by atoms with Crippen LogP contribution in [-0.4, -0.2) is 117 Å². The number of anilines is 1. The molecule has 3 fully saturated rings. The first-order valence-corrected chi connectivity index (χ1v) is 23.9. The Balaban J connectivity index is 0.000000180. The van der Waals surface area contributed by atoms with E-state index in [0.29, 0.717) is 78.2 Å². The molecule has 20 nitrogen and oxygen atoms in total. The predicted octanol–water partition coefficient (Wildman–Crippen LogP) is 5.37. The van der Waals surface area contributed by atoms with Gasteiger partial charge in [-0.15, -0.1) is 0 Å². The highest BCUT2D eigenvalue weighted by Gasteiger charge is 2.48. The van der Waals surface area contributed by atoms with Crippen molar-refractivity contribution in [1.82, 2.24) is 36.0 Å². The number of ether oxygens (including phenoxy) is 2. The van der Waals surface area contributed by atoms with Gasteiger partial charge in [-0.05, 0) is 116 Å². The molecule has 5 N–H and O–H groups in total. The van der Waals surface area contributed by atoms with Crippen LogP contribution in [0.4, 0.5) is 5.69 Å². The standard InChI is InChI=1S/C19H21N3O5.C17H19N3O3.C17H18N2O4.CH4/c1-10(2)20-15(23)9-27-14-6-4-5-12-16(14)19(26)22(18(12)25)13-8-7-11(3)21-17(13)24;1-9(2)18-12-6-4-5-11-14(12)17(23)20(16(11)22)13-8-7-10(3)19-15(13)21;1-9(2)23-13-6-4-5-11-14(13)17(22)19(16(11)21)12-8-7-10(3)18-15(12)20;/h4-6,10,13H,3,7-9H2,1-2H3,(H,20,23)(H,21,24);4-6,9,13,18H,3,7-8H2,1-2H3,(H,19,21);4-6,9,12H,3,7-8H2,1-2H3,(H,18,20);1H4. The molecule has 0 bridgehead atoms. The topological polar surface area (TPSA) is 259 Å². The molecule has 3 saturated heterocycles. The highest BCUT2D eigenvalue weighted by atomic mass is 16.5. The minimum absolute atomic E-state index is 0. The van der Waals surface area contributed by atoms with Crippen LogP contribution in [0.15, 0.2) is 91.4 Å². The summed E-state index contributed by atoms with van der Waals surface area (Å²) in [5.41, 5.74) is 3.87. The fourth-order valence-corrected chi connectivity index (χ4v) is 9.13. The average Bonchev–Trinajstić information content (AvgIpc) is 3.84. The zero-order valence-electron chi connectivity index (χ0n) is 41.5.